The topological polar surface area (TPSA) is 79.3 Å². The molecule has 2 N–H and O–H groups in total. The van der Waals surface area contributed by atoms with Crippen molar-refractivity contribution in [1.29, 1.82) is 0 Å². The molecule has 22 heavy (non-hydrogen) atoms. The number of nitrogens with one attached hydrogen (secondary N) is 1. The molecule has 1 saturated carbocycles. The summed E-state index contributed by atoms with van der Waals surface area (Å²) < 4.78 is 0. The number of aryl methyl sites for hydroxylation is 2. The van der Waals surface area contributed by atoms with Crippen molar-refractivity contribution in [3.8, 4) is 0 Å². The molecule has 0 bridgehead atoms. The largest absolute Gasteiger partial charge is 0.481 e. The first-order valence-corrected chi connectivity index (χ1v) is 8.51. The minimum Gasteiger partial charge on any atom is -0.481 e. The molecule has 2 rings (SSSR count). The maximum Gasteiger partial charge on any atom is 0.306 e. The van der Waals surface area contributed by atoms with Crippen LogP contribution in [-0.2, 0) is 15.1 Å². The van der Waals surface area contributed by atoms with E-state index in [2.05, 4.69) is 10.3 Å². The predicted octanol–water partition coefficient (Wildman–Crippen LogP) is 3.00. The van der Waals surface area contributed by atoms with Crippen LogP contribution in [0.4, 0.5) is 0 Å². The lowest BCUT2D eigenvalue weighted by molar-refractivity contribution is -0.144. The first-order chi connectivity index (χ1) is 10.2. The summed E-state index contributed by atoms with van der Waals surface area (Å²) >= 11 is 1.61. The summed E-state index contributed by atoms with van der Waals surface area (Å²) in [6.07, 6.45) is 2.47. The van der Waals surface area contributed by atoms with Gasteiger partial charge in [0.25, 0.3) is 0 Å². The Kier molecular flexibility index (Phi) is 4.90. The van der Waals surface area contributed by atoms with E-state index < -0.39 is 11.5 Å². The fourth-order valence-electron chi connectivity index (χ4n) is 2.81. The van der Waals surface area contributed by atoms with Gasteiger partial charge < -0.3 is 10.4 Å². The van der Waals surface area contributed by atoms with Gasteiger partial charge in [-0.1, -0.05) is 0 Å². The second-order valence-corrected chi connectivity index (χ2v) is 7.86. The van der Waals surface area contributed by atoms with Gasteiger partial charge in [-0.05, 0) is 53.4 Å². The molecule has 0 saturated heterocycles. The van der Waals surface area contributed by atoms with E-state index in [0.717, 1.165) is 10.7 Å². The molecule has 1 aromatic heterocycles. The van der Waals surface area contributed by atoms with Crippen LogP contribution in [0.3, 0.4) is 0 Å². The van der Waals surface area contributed by atoms with Gasteiger partial charge in [0, 0.05) is 10.8 Å². The van der Waals surface area contributed by atoms with Crippen molar-refractivity contribution in [3.63, 3.8) is 0 Å². The molecule has 1 aliphatic carbocycles. The Morgan fingerprint density at radius 3 is 2.18 bits per heavy atom. The summed E-state index contributed by atoms with van der Waals surface area (Å²) in [5.74, 6) is -1.11. The summed E-state index contributed by atoms with van der Waals surface area (Å²) in [5.41, 5.74) is 0.508. The Balaban J connectivity index is 1.98. The summed E-state index contributed by atoms with van der Waals surface area (Å²) in [6.45, 7) is 7.93. The highest BCUT2D eigenvalue weighted by Crippen LogP contribution is 2.31. The third-order valence-electron chi connectivity index (χ3n) is 4.45. The molecule has 0 radical (unpaired) electrons. The van der Waals surface area contributed by atoms with E-state index in [-0.39, 0.29) is 17.7 Å². The predicted molar refractivity (Wildman–Crippen MR) is 85.8 cm³/mol. The zero-order chi connectivity index (χ0) is 16.5. The number of thiazole rings is 1. The first-order valence-electron chi connectivity index (χ1n) is 7.70. The average molecular weight is 324 g/mol. The SMILES string of the molecule is Cc1nc(C(C)(C)NC(=O)C2CCC(C(=O)O)CC2)sc1C. The third kappa shape index (κ3) is 3.66. The number of carboxylic acid groups (broad SMARTS) is 1. The lowest BCUT2D eigenvalue weighted by Gasteiger charge is -2.30. The minimum atomic E-state index is -0.743. The number of amides is 1. The van der Waals surface area contributed by atoms with E-state index in [1.54, 1.807) is 11.3 Å². The van der Waals surface area contributed by atoms with Crippen molar-refractivity contribution in [3.05, 3.63) is 15.6 Å². The summed E-state index contributed by atoms with van der Waals surface area (Å²) in [5, 5.41) is 13.0. The van der Waals surface area contributed by atoms with E-state index in [1.807, 2.05) is 27.7 Å². The molecule has 0 atom stereocenters. The van der Waals surface area contributed by atoms with Gasteiger partial charge in [0.15, 0.2) is 0 Å². The average Bonchev–Trinajstić information content (AvgIpc) is 2.79. The van der Waals surface area contributed by atoms with Crippen molar-refractivity contribution in [2.24, 2.45) is 11.8 Å². The molecule has 6 heteroatoms. The smallest absolute Gasteiger partial charge is 0.306 e. The fourth-order valence-corrected chi connectivity index (χ4v) is 3.78. The minimum absolute atomic E-state index is 0.0133. The van der Waals surface area contributed by atoms with Crippen LogP contribution in [0, 0.1) is 25.7 Å². The van der Waals surface area contributed by atoms with E-state index in [1.165, 1.54) is 4.88 Å². The van der Waals surface area contributed by atoms with Gasteiger partial charge in [-0.15, -0.1) is 11.3 Å². The normalized spacial score (nSPS) is 22.4. The van der Waals surface area contributed by atoms with Crippen LogP contribution in [0.25, 0.3) is 0 Å². The molecule has 1 fully saturated rings. The molecule has 122 valence electrons. The van der Waals surface area contributed by atoms with Crippen LogP contribution < -0.4 is 5.32 Å². The van der Waals surface area contributed by atoms with Crippen molar-refractivity contribution in [2.75, 3.05) is 0 Å². The van der Waals surface area contributed by atoms with E-state index in [9.17, 15) is 9.59 Å². The highest BCUT2D eigenvalue weighted by molar-refractivity contribution is 7.11. The molecule has 0 aliphatic heterocycles. The molecule has 0 unspecified atom stereocenters. The van der Waals surface area contributed by atoms with E-state index >= 15 is 0 Å². The summed E-state index contributed by atoms with van der Waals surface area (Å²) in [7, 11) is 0. The molecule has 1 amide bonds. The number of aromatic nitrogens is 1. The van der Waals surface area contributed by atoms with Gasteiger partial charge >= 0.3 is 5.97 Å². The second-order valence-electron chi connectivity index (χ2n) is 6.66. The first kappa shape index (κ1) is 16.9. The van der Waals surface area contributed by atoms with E-state index in [0.29, 0.717) is 25.7 Å². The van der Waals surface area contributed by atoms with Gasteiger partial charge in [0.1, 0.15) is 5.01 Å². The second kappa shape index (κ2) is 6.36. The van der Waals surface area contributed by atoms with Crippen LogP contribution in [-0.4, -0.2) is 22.0 Å². The van der Waals surface area contributed by atoms with E-state index in [4.69, 9.17) is 5.11 Å². The number of aliphatic carboxylic acids is 1. The maximum absolute atomic E-state index is 12.5. The Morgan fingerprint density at radius 2 is 1.73 bits per heavy atom. The van der Waals surface area contributed by atoms with Crippen molar-refractivity contribution >= 4 is 23.2 Å². The van der Waals surface area contributed by atoms with Crippen LogP contribution in [0.5, 0.6) is 0 Å². The summed E-state index contributed by atoms with van der Waals surface area (Å²) in [4.78, 5) is 29.2. The van der Waals surface area contributed by atoms with Gasteiger partial charge in [-0.25, -0.2) is 4.98 Å². The molecule has 0 spiro atoms. The van der Waals surface area contributed by atoms with Crippen LogP contribution in [0.15, 0.2) is 0 Å². The molecule has 1 heterocycles. The number of carboxylic acids is 1. The highest BCUT2D eigenvalue weighted by atomic mass is 32.1. The van der Waals surface area contributed by atoms with Gasteiger partial charge in [0.05, 0.1) is 17.2 Å². The van der Waals surface area contributed by atoms with Crippen molar-refractivity contribution < 1.29 is 14.7 Å². The van der Waals surface area contributed by atoms with Crippen molar-refractivity contribution in [1.82, 2.24) is 10.3 Å². The zero-order valence-corrected chi connectivity index (χ0v) is 14.4. The van der Waals surface area contributed by atoms with Crippen LogP contribution in [0.2, 0.25) is 0 Å². The Bertz CT molecular complexity index is 552. The summed E-state index contributed by atoms with van der Waals surface area (Å²) in [6, 6.07) is 0. The van der Waals surface area contributed by atoms with Gasteiger partial charge in [-0.2, -0.15) is 0 Å². The standard InChI is InChI=1S/C16H24N2O3S/c1-9-10(2)22-15(17-9)16(3,4)18-13(19)11-5-7-12(8-6-11)14(20)21/h11-12H,5-8H2,1-4H3,(H,18,19)(H,20,21). The maximum atomic E-state index is 12.5. The van der Waals surface area contributed by atoms with Crippen molar-refractivity contribution in [2.45, 2.75) is 58.9 Å². The van der Waals surface area contributed by atoms with Crippen LogP contribution in [0.1, 0.15) is 55.1 Å². The van der Waals surface area contributed by atoms with Gasteiger partial charge in [-0.3, -0.25) is 9.59 Å². The fraction of sp³-hybridized carbons (Fsp3) is 0.688. The lowest BCUT2D eigenvalue weighted by Crippen LogP contribution is -2.45. The molecule has 1 aromatic rings. The molecular formula is C16H24N2O3S. The number of carbonyl (C=O) groups excluding carboxylic acids is 1. The third-order valence-corrected chi connectivity index (χ3v) is 5.84. The molecule has 0 aromatic carbocycles. The molecule has 5 nitrogen and oxygen atoms in total. The van der Waals surface area contributed by atoms with Gasteiger partial charge in [0.2, 0.25) is 5.91 Å². The Hall–Kier alpha value is -1.43. The molecule has 1 aliphatic rings. The zero-order valence-electron chi connectivity index (χ0n) is 13.6. The highest BCUT2D eigenvalue weighted by Gasteiger charge is 2.33. The number of hydrogen-bond donors (Lipinski definition) is 2. The number of hydrogen-bond acceptors (Lipinski definition) is 4. The Morgan fingerprint density at radius 1 is 1.18 bits per heavy atom. The molecular weight excluding hydrogens is 300 g/mol. The number of rotatable bonds is 4. The van der Waals surface area contributed by atoms with Crippen LogP contribution >= 0.6 is 11.3 Å². The Labute approximate surface area is 135 Å². The number of carbonyl (C=O) groups is 2. The quantitative estimate of drug-likeness (QED) is 0.892. The monoisotopic (exact) mass is 324 g/mol. The number of nitrogens with zero attached hydrogens (tertiary/aromatic N) is 1. The lowest BCUT2D eigenvalue weighted by atomic mass is 9.81.